The van der Waals surface area contributed by atoms with Crippen molar-refractivity contribution < 1.29 is 4.79 Å². The summed E-state index contributed by atoms with van der Waals surface area (Å²) in [7, 11) is 1.79. The number of aryl methyl sites for hydroxylation is 2. The number of carbonyl (C=O) groups excluding carboxylic acids is 1. The van der Waals surface area contributed by atoms with Crippen molar-refractivity contribution in [2.45, 2.75) is 33.1 Å². The first-order chi connectivity index (χ1) is 13.7. The van der Waals surface area contributed by atoms with Crippen molar-refractivity contribution in [1.82, 2.24) is 19.2 Å². The van der Waals surface area contributed by atoms with Gasteiger partial charge in [0, 0.05) is 36.1 Å². The van der Waals surface area contributed by atoms with E-state index < -0.39 is 0 Å². The van der Waals surface area contributed by atoms with Gasteiger partial charge in [-0.1, -0.05) is 39.0 Å². The molecular formula is C23H25N5O. The molecule has 0 atom stereocenters. The normalized spacial score (nSPS) is 11.8. The lowest BCUT2D eigenvalue weighted by Gasteiger charge is -2.13. The van der Waals surface area contributed by atoms with Gasteiger partial charge in [-0.25, -0.2) is 4.98 Å². The molecule has 0 aliphatic rings. The van der Waals surface area contributed by atoms with E-state index in [1.807, 2.05) is 66.2 Å². The standard InChI is InChI=1S/C23H25N5O/c1-15-7-6-12-28-14-18(25-21(15)28)16-8-10-17(11-9-16)24-22(29)19-13-20(23(2,3)4)26-27(19)5/h6-14H,1-5H3,(H,24,29). The van der Waals surface area contributed by atoms with E-state index in [0.29, 0.717) is 5.69 Å². The van der Waals surface area contributed by atoms with Crippen LogP contribution in [0.1, 0.15) is 42.5 Å². The highest BCUT2D eigenvalue weighted by Gasteiger charge is 2.21. The van der Waals surface area contributed by atoms with Crippen LogP contribution in [0.3, 0.4) is 0 Å². The number of nitrogens with zero attached hydrogens (tertiary/aromatic N) is 4. The number of hydrogen-bond acceptors (Lipinski definition) is 3. The summed E-state index contributed by atoms with van der Waals surface area (Å²) in [5.74, 6) is -0.174. The molecular weight excluding hydrogens is 362 g/mol. The molecule has 0 saturated carbocycles. The summed E-state index contributed by atoms with van der Waals surface area (Å²) >= 11 is 0. The van der Waals surface area contributed by atoms with Gasteiger partial charge in [-0.15, -0.1) is 0 Å². The number of hydrogen-bond donors (Lipinski definition) is 1. The van der Waals surface area contributed by atoms with Crippen LogP contribution in [-0.2, 0) is 12.5 Å². The Morgan fingerprint density at radius 2 is 1.83 bits per heavy atom. The van der Waals surface area contributed by atoms with Gasteiger partial charge < -0.3 is 9.72 Å². The van der Waals surface area contributed by atoms with Crippen molar-refractivity contribution >= 4 is 17.2 Å². The van der Waals surface area contributed by atoms with Crippen LogP contribution in [0.2, 0.25) is 0 Å². The first-order valence-electron chi connectivity index (χ1n) is 9.63. The van der Waals surface area contributed by atoms with Crippen molar-refractivity contribution in [3.05, 3.63) is 71.8 Å². The largest absolute Gasteiger partial charge is 0.321 e. The first kappa shape index (κ1) is 18.9. The number of fused-ring (bicyclic) bond motifs is 1. The fourth-order valence-electron chi connectivity index (χ4n) is 3.26. The molecule has 4 aromatic rings. The number of rotatable bonds is 3. The number of anilines is 1. The quantitative estimate of drug-likeness (QED) is 0.559. The van der Waals surface area contributed by atoms with Crippen molar-refractivity contribution in [3.8, 4) is 11.3 Å². The molecule has 0 radical (unpaired) electrons. The Hall–Kier alpha value is -3.41. The van der Waals surface area contributed by atoms with E-state index in [4.69, 9.17) is 4.98 Å². The van der Waals surface area contributed by atoms with Crippen LogP contribution < -0.4 is 5.32 Å². The van der Waals surface area contributed by atoms with E-state index in [1.54, 1.807) is 11.7 Å². The molecule has 6 nitrogen and oxygen atoms in total. The molecule has 29 heavy (non-hydrogen) atoms. The summed E-state index contributed by atoms with van der Waals surface area (Å²) < 4.78 is 3.65. The Labute approximate surface area is 170 Å². The van der Waals surface area contributed by atoms with Gasteiger partial charge in [-0.3, -0.25) is 9.48 Å². The van der Waals surface area contributed by atoms with Crippen LogP contribution in [0.4, 0.5) is 5.69 Å². The number of aromatic nitrogens is 4. The molecule has 0 bridgehead atoms. The third-order valence-electron chi connectivity index (χ3n) is 5.00. The van der Waals surface area contributed by atoms with E-state index in [9.17, 15) is 4.79 Å². The molecule has 0 saturated heterocycles. The Balaban J connectivity index is 1.54. The molecule has 0 aliphatic carbocycles. The topological polar surface area (TPSA) is 64.2 Å². The first-order valence-corrected chi connectivity index (χ1v) is 9.63. The van der Waals surface area contributed by atoms with Gasteiger partial charge in [-0.2, -0.15) is 5.10 Å². The fraction of sp³-hybridized carbons (Fsp3) is 0.261. The van der Waals surface area contributed by atoms with E-state index in [0.717, 1.165) is 33.8 Å². The lowest BCUT2D eigenvalue weighted by Crippen LogP contribution is -2.15. The number of nitrogens with one attached hydrogen (secondary N) is 1. The molecule has 6 heteroatoms. The van der Waals surface area contributed by atoms with Gasteiger partial charge in [0.05, 0.1) is 11.4 Å². The zero-order chi connectivity index (χ0) is 20.8. The number of benzene rings is 1. The minimum absolute atomic E-state index is 0.107. The third-order valence-corrected chi connectivity index (χ3v) is 5.00. The zero-order valence-electron chi connectivity index (χ0n) is 17.4. The number of carbonyl (C=O) groups is 1. The number of pyridine rings is 1. The third kappa shape index (κ3) is 3.66. The highest BCUT2D eigenvalue weighted by molar-refractivity contribution is 6.03. The summed E-state index contributed by atoms with van der Waals surface area (Å²) in [4.78, 5) is 17.4. The predicted octanol–water partition coefficient (Wildman–Crippen LogP) is 4.59. The molecule has 0 aliphatic heterocycles. The molecule has 3 aromatic heterocycles. The lowest BCUT2D eigenvalue weighted by molar-refractivity contribution is 0.101. The van der Waals surface area contributed by atoms with E-state index in [2.05, 4.69) is 31.2 Å². The second-order valence-corrected chi connectivity index (χ2v) is 8.37. The average molecular weight is 387 g/mol. The Morgan fingerprint density at radius 1 is 1.10 bits per heavy atom. The lowest BCUT2D eigenvalue weighted by atomic mass is 9.92. The molecule has 0 fully saturated rings. The van der Waals surface area contributed by atoms with Crippen LogP contribution in [0.15, 0.2) is 54.9 Å². The Kier molecular flexibility index (Phi) is 4.49. The fourth-order valence-corrected chi connectivity index (χ4v) is 3.26. The Bertz CT molecular complexity index is 1190. The van der Waals surface area contributed by atoms with Gasteiger partial charge in [-0.05, 0) is 36.8 Å². The maximum Gasteiger partial charge on any atom is 0.273 e. The smallest absolute Gasteiger partial charge is 0.273 e. The maximum atomic E-state index is 12.7. The van der Waals surface area contributed by atoms with Crippen LogP contribution >= 0.6 is 0 Å². The molecule has 1 aromatic carbocycles. The molecule has 3 heterocycles. The summed E-state index contributed by atoms with van der Waals surface area (Å²) in [5, 5.41) is 7.42. The molecule has 1 N–H and O–H groups in total. The van der Waals surface area contributed by atoms with E-state index in [1.165, 1.54) is 0 Å². The van der Waals surface area contributed by atoms with Crippen LogP contribution in [0.5, 0.6) is 0 Å². The van der Waals surface area contributed by atoms with Crippen LogP contribution in [0, 0.1) is 6.92 Å². The molecule has 1 amide bonds. The molecule has 148 valence electrons. The van der Waals surface area contributed by atoms with E-state index >= 15 is 0 Å². The Morgan fingerprint density at radius 3 is 2.45 bits per heavy atom. The molecule has 0 spiro atoms. The highest BCUT2D eigenvalue weighted by Crippen LogP contribution is 2.24. The van der Waals surface area contributed by atoms with E-state index in [-0.39, 0.29) is 11.3 Å². The second-order valence-electron chi connectivity index (χ2n) is 8.37. The second kappa shape index (κ2) is 6.88. The van der Waals surface area contributed by atoms with Gasteiger partial charge >= 0.3 is 0 Å². The summed E-state index contributed by atoms with van der Waals surface area (Å²) in [6, 6.07) is 13.6. The maximum absolute atomic E-state index is 12.7. The van der Waals surface area contributed by atoms with Crippen molar-refractivity contribution in [2.75, 3.05) is 5.32 Å². The summed E-state index contributed by atoms with van der Waals surface area (Å²) in [5.41, 5.74) is 6.04. The molecule has 0 unspecified atom stereocenters. The summed E-state index contributed by atoms with van der Waals surface area (Å²) in [6.45, 7) is 8.29. The van der Waals surface area contributed by atoms with Crippen molar-refractivity contribution in [1.29, 1.82) is 0 Å². The van der Waals surface area contributed by atoms with Crippen molar-refractivity contribution in [2.24, 2.45) is 7.05 Å². The molecule has 4 rings (SSSR count). The SMILES string of the molecule is Cc1cccn2cc(-c3ccc(NC(=O)c4cc(C(C)(C)C)nn4C)cc3)nc12. The minimum atomic E-state index is -0.174. The summed E-state index contributed by atoms with van der Waals surface area (Å²) in [6.07, 6.45) is 4.01. The van der Waals surface area contributed by atoms with Crippen LogP contribution in [0.25, 0.3) is 16.9 Å². The van der Waals surface area contributed by atoms with Gasteiger partial charge in [0.1, 0.15) is 11.3 Å². The predicted molar refractivity (Wildman–Crippen MR) is 115 cm³/mol. The minimum Gasteiger partial charge on any atom is -0.321 e. The zero-order valence-corrected chi connectivity index (χ0v) is 17.4. The van der Waals surface area contributed by atoms with Crippen molar-refractivity contribution in [3.63, 3.8) is 0 Å². The highest BCUT2D eigenvalue weighted by atomic mass is 16.2. The monoisotopic (exact) mass is 387 g/mol. The number of imidazole rings is 1. The number of amides is 1. The van der Waals surface area contributed by atoms with Gasteiger partial charge in [0.15, 0.2) is 0 Å². The van der Waals surface area contributed by atoms with Gasteiger partial charge in [0.25, 0.3) is 5.91 Å². The average Bonchev–Trinajstić information content (AvgIpc) is 3.27. The van der Waals surface area contributed by atoms with Gasteiger partial charge in [0.2, 0.25) is 0 Å². The van der Waals surface area contributed by atoms with Crippen LogP contribution in [-0.4, -0.2) is 25.1 Å².